The third-order valence-electron chi connectivity index (χ3n) is 3.79. The molecule has 0 unspecified atom stereocenters. The van der Waals surface area contributed by atoms with E-state index in [1.807, 2.05) is 26.2 Å². The number of hydrogen-bond acceptors (Lipinski definition) is 7. The molecule has 3 rings (SSSR count). The quantitative estimate of drug-likeness (QED) is 0.262. The molecule has 2 heterocycles. The molecule has 0 spiro atoms. The first-order chi connectivity index (χ1) is 16.4. The van der Waals surface area contributed by atoms with Gasteiger partial charge in [-0.15, -0.1) is 0 Å². The summed E-state index contributed by atoms with van der Waals surface area (Å²) in [6, 6.07) is 3.48. The Morgan fingerprint density at radius 3 is 1.82 bits per heavy atom. The number of benzene rings is 1. The molecule has 0 aliphatic heterocycles. The van der Waals surface area contributed by atoms with Gasteiger partial charge in [-0.1, -0.05) is 89.3 Å². The number of anilines is 1. The fourth-order valence-electron chi connectivity index (χ4n) is 2.53. The molecule has 0 aliphatic rings. The number of aromatic nitrogens is 3. The highest BCUT2D eigenvalue weighted by Gasteiger charge is 2.21. The van der Waals surface area contributed by atoms with Gasteiger partial charge in [-0.3, -0.25) is 0 Å². The number of hydrogen-bond donors (Lipinski definition) is 1. The summed E-state index contributed by atoms with van der Waals surface area (Å²) in [5.74, 6) is 1.50. The maximum atomic E-state index is 6.51. The predicted octanol–water partition coefficient (Wildman–Crippen LogP) is 8.64. The molecule has 0 aliphatic carbocycles. The van der Waals surface area contributed by atoms with Crippen molar-refractivity contribution in [3.63, 3.8) is 0 Å². The van der Waals surface area contributed by atoms with Crippen molar-refractivity contribution in [1.29, 1.82) is 0 Å². The van der Waals surface area contributed by atoms with Gasteiger partial charge in [0.1, 0.15) is 17.0 Å². The van der Waals surface area contributed by atoms with Crippen LogP contribution in [0.15, 0.2) is 23.5 Å². The monoisotopic (exact) mass is 528 g/mol. The van der Waals surface area contributed by atoms with Crippen LogP contribution < -0.4 is 14.8 Å². The standard InChI is InChI=1S/C17H16Cl2N4O2S.2C3H8.C2H6/c1-20-16-15-8(7-21-17(23-15)26-4)5-9(22-16)12-13(18)10(24-2)6-11(25-3)14(12)19;2*1-3-2;1-2/h5-7H,1-4H3,(H,20,22);2*3H2,1-2H3;1-2H3. The van der Waals surface area contributed by atoms with Crippen molar-refractivity contribution in [2.75, 3.05) is 32.8 Å². The summed E-state index contributed by atoms with van der Waals surface area (Å²) in [4.78, 5) is 13.5. The molecular weight excluding hydrogens is 491 g/mol. The minimum atomic E-state index is 0.355. The largest absolute Gasteiger partial charge is 0.495 e. The predicted molar refractivity (Wildman–Crippen MR) is 150 cm³/mol. The van der Waals surface area contributed by atoms with E-state index >= 15 is 0 Å². The second-order valence-electron chi connectivity index (χ2n) is 6.60. The third-order valence-corrected chi connectivity index (χ3v) is 5.11. The minimum absolute atomic E-state index is 0.355. The lowest BCUT2D eigenvalue weighted by Crippen LogP contribution is -2.00. The van der Waals surface area contributed by atoms with Crippen molar-refractivity contribution >= 4 is 51.7 Å². The van der Waals surface area contributed by atoms with Crippen LogP contribution in [-0.4, -0.2) is 42.5 Å². The Bertz CT molecular complexity index is 990. The average Bonchev–Trinajstić information content (AvgIpc) is 2.85. The molecule has 0 radical (unpaired) electrons. The number of pyridine rings is 1. The van der Waals surface area contributed by atoms with Gasteiger partial charge >= 0.3 is 0 Å². The number of thioether (sulfide) groups is 1. The number of fused-ring (bicyclic) bond motifs is 1. The maximum Gasteiger partial charge on any atom is 0.187 e. The molecule has 9 heteroatoms. The molecule has 0 saturated heterocycles. The van der Waals surface area contributed by atoms with E-state index in [4.69, 9.17) is 32.7 Å². The molecule has 3 aromatic rings. The topological polar surface area (TPSA) is 69.2 Å². The molecule has 0 amide bonds. The Morgan fingerprint density at radius 1 is 0.912 bits per heavy atom. The molecule has 0 atom stereocenters. The van der Waals surface area contributed by atoms with Crippen LogP contribution in [0.1, 0.15) is 54.4 Å². The summed E-state index contributed by atoms with van der Waals surface area (Å²) in [5.41, 5.74) is 1.81. The van der Waals surface area contributed by atoms with Crippen LogP contribution in [0, 0.1) is 0 Å². The molecule has 0 saturated carbocycles. The van der Waals surface area contributed by atoms with Gasteiger partial charge in [-0.05, 0) is 12.3 Å². The molecule has 34 heavy (non-hydrogen) atoms. The second-order valence-corrected chi connectivity index (χ2v) is 8.13. The highest BCUT2D eigenvalue weighted by Crippen LogP contribution is 2.46. The van der Waals surface area contributed by atoms with Gasteiger partial charge < -0.3 is 14.8 Å². The lowest BCUT2D eigenvalue weighted by Gasteiger charge is -2.15. The van der Waals surface area contributed by atoms with E-state index in [-0.39, 0.29) is 0 Å². The number of methoxy groups -OCH3 is 2. The molecule has 1 aromatic carbocycles. The van der Waals surface area contributed by atoms with Gasteiger partial charge in [-0.25, -0.2) is 15.0 Å². The number of halogens is 2. The Kier molecular flexibility index (Phi) is 16.5. The zero-order valence-electron chi connectivity index (χ0n) is 22.0. The van der Waals surface area contributed by atoms with E-state index in [0.29, 0.717) is 43.8 Å². The molecule has 2 aromatic heterocycles. The van der Waals surface area contributed by atoms with Gasteiger partial charge in [0.25, 0.3) is 0 Å². The summed E-state index contributed by atoms with van der Waals surface area (Å²) in [6.07, 6.45) is 6.17. The van der Waals surface area contributed by atoms with Gasteiger partial charge in [0.15, 0.2) is 11.0 Å². The van der Waals surface area contributed by atoms with Gasteiger partial charge in [0.2, 0.25) is 0 Å². The lowest BCUT2D eigenvalue weighted by molar-refractivity contribution is 0.395. The van der Waals surface area contributed by atoms with Crippen molar-refractivity contribution in [3.05, 3.63) is 28.4 Å². The molecule has 6 nitrogen and oxygen atoms in total. The van der Waals surface area contributed by atoms with E-state index in [0.717, 1.165) is 10.9 Å². The summed E-state index contributed by atoms with van der Waals surface area (Å²) in [5, 5.41) is 5.26. The van der Waals surface area contributed by atoms with Crippen LogP contribution >= 0.6 is 35.0 Å². The van der Waals surface area contributed by atoms with Crippen LogP contribution in [0.3, 0.4) is 0 Å². The maximum absolute atomic E-state index is 6.51. The third kappa shape index (κ3) is 8.36. The number of rotatable bonds is 5. The average molecular weight is 530 g/mol. The van der Waals surface area contributed by atoms with Crippen molar-refractivity contribution in [2.45, 2.75) is 59.5 Å². The number of nitrogens with one attached hydrogen (secondary N) is 1. The summed E-state index contributed by atoms with van der Waals surface area (Å²) >= 11 is 14.5. The normalized spacial score (nSPS) is 9.53. The molecule has 1 N–H and O–H groups in total. The molecular formula is C25H38Cl2N4O2S. The highest BCUT2D eigenvalue weighted by atomic mass is 35.5. The van der Waals surface area contributed by atoms with Crippen molar-refractivity contribution in [1.82, 2.24) is 15.0 Å². The molecule has 0 bridgehead atoms. The first-order valence-corrected chi connectivity index (χ1v) is 13.3. The first-order valence-electron chi connectivity index (χ1n) is 11.4. The van der Waals surface area contributed by atoms with Crippen molar-refractivity contribution < 1.29 is 9.47 Å². The number of nitrogens with zero attached hydrogens (tertiary/aromatic N) is 3. The Labute approximate surface area is 219 Å². The second kappa shape index (κ2) is 17.5. The smallest absolute Gasteiger partial charge is 0.187 e. The number of ether oxygens (including phenoxy) is 2. The summed E-state index contributed by atoms with van der Waals surface area (Å²) < 4.78 is 10.7. The first kappa shape index (κ1) is 32.0. The Hall–Kier alpha value is -1.96. The molecule has 0 fully saturated rings. The molecule has 190 valence electrons. The summed E-state index contributed by atoms with van der Waals surface area (Å²) in [7, 11) is 4.84. The van der Waals surface area contributed by atoms with Crippen molar-refractivity contribution in [3.8, 4) is 22.8 Å². The van der Waals surface area contributed by atoms with Crippen LogP contribution in [0.4, 0.5) is 5.82 Å². The zero-order chi connectivity index (χ0) is 26.3. The van der Waals surface area contributed by atoms with Crippen LogP contribution in [0.2, 0.25) is 10.0 Å². The fraction of sp³-hybridized carbons (Fsp3) is 0.480. The van der Waals surface area contributed by atoms with Gasteiger partial charge in [0.05, 0.1) is 30.0 Å². The SMILES string of the molecule is CC.CCC.CCC.CNc1nc(-c2c(Cl)c(OC)cc(OC)c2Cl)cc2cnc(SC)nc12. The Morgan fingerprint density at radius 2 is 1.41 bits per heavy atom. The van der Waals surface area contributed by atoms with E-state index in [1.54, 1.807) is 19.3 Å². The van der Waals surface area contributed by atoms with Crippen LogP contribution in [-0.2, 0) is 0 Å². The minimum Gasteiger partial charge on any atom is -0.495 e. The lowest BCUT2D eigenvalue weighted by atomic mass is 10.1. The van der Waals surface area contributed by atoms with Crippen LogP contribution in [0.25, 0.3) is 22.2 Å². The van der Waals surface area contributed by atoms with E-state index in [1.165, 1.54) is 38.8 Å². The summed E-state index contributed by atoms with van der Waals surface area (Å²) in [6.45, 7) is 12.5. The van der Waals surface area contributed by atoms with Crippen LogP contribution in [0.5, 0.6) is 11.5 Å². The van der Waals surface area contributed by atoms with Gasteiger partial charge in [0, 0.05) is 30.3 Å². The Balaban J connectivity index is 0.00000121. The van der Waals surface area contributed by atoms with E-state index < -0.39 is 0 Å². The van der Waals surface area contributed by atoms with E-state index in [9.17, 15) is 0 Å². The van der Waals surface area contributed by atoms with Gasteiger partial charge in [-0.2, -0.15) is 0 Å². The fourth-order valence-corrected chi connectivity index (χ4v) is 3.57. The highest BCUT2D eigenvalue weighted by molar-refractivity contribution is 7.98. The van der Waals surface area contributed by atoms with E-state index in [2.05, 4.69) is 48.0 Å². The van der Waals surface area contributed by atoms with Crippen molar-refractivity contribution in [2.24, 2.45) is 0 Å². The zero-order valence-corrected chi connectivity index (χ0v) is 24.3.